The fourth-order valence-electron chi connectivity index (χ4n) is 1.45. The van der Waals surface area contributed by atoms with Crippen molar-refractivity contribution in [2.75, 3.05) is 11.9 Å². The predicted molar refractivity (Wildman–Crippen MR) is 65.5 cm³/mol. The molecule has 1 aromatic carbocycles. The van der Waals surface area contributed by atoms with E-state index in [4.69, 9.17) is 0 Å². The first-order valence-electron chi connectivity index (χ1n) is 5.03. The lowest BCUT2D eigenvalue weighted by molar-refractivity contribution is 0.998. The summed E-state index contributed by atoms with van der Waals surface area (Å²) in [6.07, 6.45) is 2.85. The van der Waals surface area contributed by atoms with Gasteiger partial charge in [0, 0.05) is 30.2 Å². The van der Waals surface area contributed by atoms with Gasteiger partial charge in [-0.05, 0) is 24.6 Å². The van der Waals surface area contributed by atoms with E-state index in [-0.39, 0.29) is 0 Å². The van der Waals surface area contributed by atoms with Gasteiger partial charge in [0.2, 0.25) is 0 Å². The molecule has 1 heterocycles. The summed E-state index contributed by atoms with van der Waals surface area (Å²) in [4.78, 5) is 4.24. The molecule has 2 nitrogen and oxygen atoms in total. The molecule has 2 aromatic rings. The SMILES string of the molecule is Cc1cccc(NCCc2nccs2)c1. The van der Waals surface area contributed by atoms with E-state index >= 15 is 0 Å². The number of rotatable bonds is 4. The second-order valence-electron chi connectivity index (χ2n) is 3.47. The summed E-state index contributed by atoms with van der Waals surface area (Å²) >= 11 is 1.71. The molecule has 0 saturated carbocycles. The van der Waals surface area contributed by atoms with E-state index in [0.717, 1.165) is 13.0 Å². The van der Waals surface area contributed by atoms with Crippen molar-refractivity contribution in [3.05, 3.63) is 46.4 Å². The highest BCUT2D eigenvalue weighted by molar-refractivity contribution is 7.09. The summed E-state index contributed by atoms with van der Waals surface area (Å²) in [6, 6.07) is 8.42. The zero-order valence-corrected chi connectivity index (χ0v) is 9.55. The van der Waals surface area contributed by atoms with Crippen LogP contribution in [0.2, 0.25) is 0 Å². The van der Waals surface area contributed by atoms with Crippen LogP contribution in [0.4, 0.5) is 5.69 Å². The molecule has 0 aliphatic rings. The van der Waals surface area contributed by atoms with Crippen LogP contribution in [-0.2, 0) is 6.42 Å². The maximum Gasteiger partial charge on any atom is 0.0942 e. The third kappa shape index (κ3) is 3.06. The monoisotopic (exact) mass is 218 g/mol. The Bertz CT molecular complexity index is 409. The van der Waals surface area contributed by atoms with Crippen molar-refractivity contribution in [2.24, 2.45) is 0 Å². The molecular formula is C12H14N2S. The molecule has 0 amide bonds. The summed E-state index contributed by atoms with van der Waals surface area (Å²) in [5.74, 6) is 0. The number of hydrogen-bond acceptors (Lipinski definition) is 3. The van der Waals surface area contributed by atoms with Gasteiger partial charge in [0.25, 0.3) is 0 Å². The average molecular weight is 218 g/mol. The number of aryl methyl sites for hydroxylation is 1. The Labute approximate surface area is 94.0 Å². The Kier molecular flexibility index (Phi) is 3.35. The topological polar surface area (TPSA) is 24.9 Å². The van der Waals surface area contributed by atoms with E-state index in [2.05, 4.69) is 41.5 Å². The van der Waals surface area contributed by atoms with Gasteiger partial charge in [-0.1, -0.05) is 12.1 Å². The Morgan fingerprint density at radius 3 is 3.07 bits per heavy atom. The Balaban J connectivity index is 1.83. The zero-order valence-electron chi connectivity index (χ0n) is 8.73. The van der Waals surface area contributed by atoms with E-state index in [1.165, 1.54) is 16.3 Å². The third-order valence-corrected chi connectivity index (χ3v) is 3.01. The van der Waals surface area contributed by atoms with Crippen molar-refractivity contribution in [2.45, 2.75) is 13.3 Å². The normalized spacial score (nSPS) is 10.2. The van der Waals surface area contributed by atoms with Gasteiger partial charge in [-0.15, -0.1) is 11.3 Å². The van der Waals surface area contributed by atoms with Crippen molar-refractivity contribution >= 4 is 17.0 Å². The minimum absolute atomic E-state index is 0.941. The lowest BCUT2D eigenvalue weighted by atomic mass is 10.2. The molecular weight excluding hydrogens is 204 g/mol. The highest BCUT2D eigenvalue weighted by Gasteiger charge is 1.95. The largest absolute Gasteiger partial charge is 0.385 e. The molecule has 3 heteroatoms. The van der Waals surface area contributed by atoms with Crippen LogP contribution in [0.3, 0.4) is 0 Å². The molecule has 0 saturated heterocycles. The minimum Gasteiger partial charge on any atom is -0.385 e. The minimum atomic E-state index is 0.941. The highest BCUT2D eigenvalue weighted by Crippen LogP contribution is 2.10. The van der Waals surface area contributed by atoms with Crippen LogP contribution < -0.4 is 5.32 Å². The van der Waals surface area contributed by atoms with Gasteiger partial charge in [-0.3, -0.25) is 0 Å². The second-order valence-corrected chi connectivity index (χ2v) is 4.45. The van der Waals surface area contributed by atoms with E-state index in [0.29, 0.717) is 0 Å². The number of nitrogens with zero attached hydrogens (tertiary/aromatic N) is 1. The fraction of sp³-hybridized carbons (Fsp3) is 0.250. The summed E-state index contributed by atoms with van der Waals surface area (Å²) in [6.45, 7) is 3.04. The molecule has 0 aliphatic carbocycles. The summed E-state index contributed by atoms with van der Waals surface area (Å²) < 4.78 is 0. The van der Waals surface area contributed by atoms with Crippen LogP contribution in [0.5, 0.6) is 0 Å². The quantitative estimate of drug-likeness (QED) is 0.853. The Morgan fingerprint density at radius 1 is 1.40 bits per heavy atom. The van der Waals surface area contributed by atoms with E-state index in [9.17, 15) is 0 Å². The molecule has 1 aromatic heterocycles. The number of benzene rings is 1. The van der Waals surface area contributed by atoms with Gasteiger partial charge >= 0.3 is 0 Å². The summed E-state index contributed by atoms with van der Waals surface area (Å²) in [5.41, 5.74) is 2.47. The van der Waals surface area contributed by atoms with Crippen molar-refractivity contribution in [3.8, 4) is 0 Å². The molecule has 0 unspecified atom stereocenters. The predicted octanol–water partition coefficient (Wildman–Crippen LogP) is 3.11. The van der Waals surface area contributed by atoms with E-state index < -0.39 is 0 Å². The third-order valence-electron chi connectivity index (χ3n) is 2.17. The van der Waals surface area contributed by atoms with Crippen molar-refractivity contribution in [1.82, 2.24) is 4.98 Å². The molecule has 1 N–H and O–H groups in total. The van der Waals surface area contributed by atoms with Crippen LogP contribution in [0.15, 0.2) is 35.8 Å². The smallest absolute Gasteiger partial charge is 0.0942 e. The lowest BCUT2D eigenvalue weighted by Crippen LogP contribution is -2.04. The number of aromatic nitrogens is 1. The summed E-state index contributed by atoms with van der Waals surface area (Å²) in [5, 5.41) is 6.60. The van der Waals surface area contributed by atoms with Gasteiger partial charge in [0.1, 0.15) is 0 Å². The van der Waals surface area contributed by atoms with Crippen molar-refractivity contribution in [1.29, 1.82) is 0 Å². The molecule has 0 fully saturated rings. The van der Waals surface area contributed by atoms with Crippen LogP contribution in [0, 0.1) is 6.92 Å². The van der Waals surface area contributed by atoms with Crippen LogP contribution >= 0.6 is 11.3 Å². The van der Waals surface area contributed by atoms with Gasteiger partial charge in [-0.25, -0.2) is 4.98 Å². The van der Waals surface area contributed by atoms with Crippen LogP contribution in [-0.4, -0.2) is 11.5 Å². The summed E-state index contributed by atoms with van der Waals surface area (Å²) in [7, 11) is 0. The van der Waals surface area contributed by atoms with Gasteiger partial charge in [0.05, 0.1) is 5.01 Å². The highest BCUT2D eigenvalue weighted by atomic mass is 32.1. The Morgan fingerprint density at radius 2 is 2.33 bits per heavy atom. The number of hydrogen-bond donors (Lipinski definition) is 1. The first-order valence-corrected chi connectivity index (χ1v) is 5.91. The molecule has 0 spiro atoms. The first kappa shape index (κ1) is 10.2. The van der Waals surface area contributed by atoms with E-state index in [1.54, 1.807) is 11.3 Å². The zero-order chi connectivity index (χ0) is 10.5. The molecule has 2 rings (SSSR count). The average Bonchev–Trinajstić information content (AvgIpc) is 2.71. The molecule has 0 radical (unpaired) electrons. The first-order chi connectivity index (χ1) is 7.34. The van der Waals surface area contributed by atoms with Crippen molar-refractivity contribution < 1.29 is 0 Å². The lowest BCUT2D eigenvalue weighted by Gasteiger charge is -2.05. The fourth-order valence-corrected chi connectivity index (χ4v) is 2.07. The van der Waals surface area contributed by atoms with Gasteiger partial charge in [0.15, 0.2) is 0 Å². The molecule has 0 aliphatic heterocycles. The van der Waals surface area contributed by atoms with Crippen molar-refractivity contribution in [3.63, 3.8) is 0 Å². The standard InChI is InChI=1S/C12H14N2S/c1-10-3-2-4-11(9-10)13-6-5-12-14-7-8-15-12/h2-4,7-9,13H,5-6H2,1H3. The molecule has 0 atom stereocenters. The maximum absolute atomic E-state index is 4.24. The number of anilines is 1. The van der Waals surface area contributed by atoms with E-state index in [1.807, 2.05) is 11.6 Å². The maximum atomic E-state index is 4.24. The second kappa shape index (κ2) is 4.94. The van der Waals surface area contributed by atoms with Crippen LogP contribution in [0.1, 0.15) is 10.6 Å². The molecule has 78 valence electrons. The number of thiazole rings is 1. The Hall–Kier alpha value is -1.35. The van der Waals surface area contributed by atoms with Gasteiger partial charge in [-0.2, -0.15) is 0 Å². The van der Waals surface area contributed by atoms with Crippen LogP contribution in [0.25, 0.3) is 0 Å². The van der Waals surface area contributed by atoms with Gasteiger partial charge < -0.3 is 5.32 Å². The molecule has 15 heavy (non-hydrogen) atoms. The number of nitrogens with one attached hydrogen (secondary N) is 1. The molecule has 0 bridgehead atoms.